The fourth-order valence-corrected chi connectivity index (χ4v) is 4.56. The molecule has 196 valence electrons. The van der Waals surface area contributed by atoms with Crippen LogP contribution in [0.15, 0.2) is 54.6 Å². The first-order valence-electron chi connectivity index (χ1n) is 12.3. The fraction of sp³-hybridized carbons (Fsp3) is 0.333. The molecule has 0 aliphatic rings. The molecule has 2 N–H and O–H groups in total. The van der Waals surface area contributed by atoms with Gasteiger partial charge in [-0.1, -0.05) is 66.9 Å². The van der Waals surface area contributed by atoms with Gasteiger partial charge in [0.1, 0.15) is 18.2 Å². The van der Waals surface area contributed by atoms with Gasteiger partial charge >= 0.3 is 5.97 Å². The Hall–Kier alpha value is -3.38. The zero-order valence-electron chi connectivity index (χ0n) is 21.6. The molecule has 37 heavy (non-hydrogen) atoms. The quantitative estimate of drug-likeness (QED) is 0.277. The minimum atomic E-state index is -0.933. The van der Waals surface area contributed by atoms with Crippen LogP contribution in [0.5, 0.6) is 5.75 Å². The maximum Gasteiger partial charge on any atom is 0.303 e. The average molecular weight is 526 g/mol. The topological polar surface area (TPSA) is 75.6 Å². The van der Waals surface area contributed by atoms with Crippen LogP contribution >= 0.6 is 11.6 Å². The van der Waals surface area contributed by atoms with Crippen LogP contribution in [0, 0.1) is 25.6 Å². The number of hydrogen-bond donors (Lipinski definition) is 2. The highest BCUT2D eigenvalue weighted by Crippen LogP contribution is 2.27. The van der Waals surface area contributed by atoms with E-state index in [1.807, 2.05) is 13.8 Å². The highest BCUT2D eigenvalue weighted by molar-refractivity contribution is 6.32. The lowest BCUT2D eigenvalue weighted by Gasteiger charge is -2.23. The third-order valence-electron chi connectivity index (χ3n) is 5.97. The summed E-state index contributed by atoms with van der Waals surface area (Å²) in [5.74, 6) is -0.989. The summed E-state index contributed by atoms with van der Waals surface area (Å²) in [6.07, 6.45) is 0.889. The molecule has 0 aliphatic carbocycles. The number of amides is 1. The Labute approximate surface area is 222 Å². The van der Waals surface area contributed by atoms with Gasteiger partial charge in [-0.3, -0.25) is 9.59 Å². The summed E-state index contributed by atoms with van der Waals surface area (Å²) >= 11 is 6.07. The molecule has 7 heteroatoms. The summed E-state index contributed by atoms with van der Waals surface area (Å²) in [7, 11) is 0. The average Bonchev–Trinajstić information content (AvgIpc) is 2.81. The molecule has 1 atom stereocenters. The van der Waals surface area contributed by atoms with Crippen molar-refractivity contribution in [1.29, 1.82) is 0 Å². The molecule has 0 radical (unpaired) electrons. The molecule has 5 nitrogen and oxygen atoms in total. The first-order valence-corrected chi connectivity index (χ1v) is 12.7. The van der Waals surface area contributed by atoms with Crippen molar-refractivity contribution in [1.82, 2.24) is 5.32 Å². The standard InChI is InChI=1S/C30H33ClFNO4/c1-18(2)11-27(23-13-19(3)12-20(4)14-23)33-30(36)25-15-21(5-6-22(25)7-10-29(34)35)17-37-28-9-8-24(32)16-26(28)31/h5-6,8-9,12-16,18,27H,7,10-11,17H2,1-4H3,(H,33,36)(H,34,35). The van der Waals surface area contributed by atoms with Crippen molar-refractivity contribution in [3.8, 4) is 5.75 Å². The first-order chi connectivity index (χ1) is 17.5. The lowest BCUT2D eigenvalue weighted by molar-refractivity contribution is -0.136. The van der Waals surface area contributed by atoms with Gasteiger partial charge in [0.2, 0.25) is 0 Å². The summed E-state index contributed by atoms with van der Waals surface area (Å²) in [5.41, 5.74) is 5.05. The van der Waals surface area contributed by atoms with Gasteiger partial charge in [0.05, 0.1) is 11.1 Å². The molecule has 3 aromatic rings. The normalized spacial score (nSPS) is 11.9. The molecule has 1 amide bonds. The highest BCUT2D eigenvalue weighted by atomic mass is 35.5. The summed E-state index contributed by atoms with van der Waals surface area (Å²) in [6, 6.07) is 15.2. The van der Waals surface area contributed by atoms with E-state index < -0.39 is 11.8 Å². The van der Waals surface area contributed by atoms with Crippen molar-refractivity contribution in [2.75, 3.05) is 0 Å². The maximum absolute atomic E-state index is 13.6. The number of halogens is 2. The second kappa shape index (κ2) is 12.7. The van der Waals surface area contributed by atoms with Gasteiger partial charge in [-0.15, -0.1) is 0 Å². The van der Waals surface area contributed by atoms with Crippen LogP contribution in [0.1, 0.15) is 70.9 Å². The number of aryl methyl sites for hydroxylation is 3. The zero-order chi connectivity index (χ0) is 27.1. The Morgan fingerprint density at radius 2 is 1.73 bits per heavy atom. The number of ether oxygens (including phenoxy) is 1. The predicted octanol–water partition coefficient (Wildman–Crippen LogP) is 7.21. The number of aliphatic carboxylic acids is 1. The van der Waals surface area contributed by atoms with Crippen LogP contribution in [0.4, 0.5) is 4.39 Å². The van der Waals surface area contributed by atoms with Crippen molar-refractivity contribution in [3.05, 3.63) is 98.8 Å². The second-order valence-corrected chi connectivity index (χ2v) is 10.2. The van der Waals surface area contributed by atoms with E-state index in [0.717, 1.165) is 23.1 Å². The van der Waals surface area contributed by atoms with Crippen molar-refractivity contribution in [3.63, 3.8) is 0 Å². The molecule has 3 rings (SSSR count). The van der Waals surface area contributed by atoms with Crippen LogP contribution in [-0.4, -0.2) is 17.0 Å². The van der Waals surface area contributed by atoms with Crippen LogP contribution < -0.4 is 10.1 Å². The number of benzene rings is 3. The third-order valence-corrected chi connectivity index (χ3v) is 6.27. The minimum Gasteiger partial charge on any atom is -0.487 e. The molecular formula is C30H33ClFNO4. The van der Waals surface area contributed by atoms with E-state index in [9.17, 15) is 19.1 Å². The minimum absolute atomic E-state index is 0.0895. The third kappa shape index (κ3) is 8.32. The fourth-order valence-electron chi connectivity index (χ4n) is 4.33. The number of hydrogen-bond acceptors (Lipinski definition) is 3. The number of carboxylic acids is 1. The van der Waals surface area contributed by atoms with E-state index >= 15 is 0 Å². The molecule has 0 aromatic heterocycles. The number of carbonyl (C=O) groups is 2. The largest absolute Gasteiger partial charge is 0.487 e. The Morgan fingerprint density at radius 1 is 1.03 bits per heavy atom. The van der Waals surface area contributed by atoms with Crippen LogP contribution in [0.25, 0.3) is 0 Å². The van der Waals surface area contributed by atoms with Crippen molar-refractivity contribution >= 4 is 23.5 Å². The van der Waals surface area contributed by atoms with E-state index in [1.165, 1.54) is 18.2 Å². The molecule has 0 aliphatic heterocycles. The van der Waals surface area contributed by atoms with Gasteiger partial charge in [-0.2, -0.15) is 0 Å². The smallest absolute Gasteiger partial charge is 0.303 e. The van der Waals surface area contributed by atoms with Crippen LogP contribution in [0.3, 0.4) is 0 Å². The lowest BCUT2D eigenvalue weighted by Crippen LogP contribution is -2.30. The van der Waals surface area contributed by atoms with Gasteiger partial charge < -0.3 is 15.2 Å². The van der Waals surface area contributed by atoms with Gasteiger partial charge in [-0.05, 0) is 73.6 Å². The second-order valence-electron chi connectivity index (χ2n) is 9.83. The highest BCUT2D eigenvalue weighted by Gasteiger charge is 2.21. The number of carbonyl (C=O) groups excluding carboxylic acids is 1. The van der Waals surface area contributed by atoms with Crippen LogP contribution in [0.2, 0.25) is 5.02 Å². The van der Waals surface area contributed by atoms with Gasteiger partial charge in [-0.25, -0.2) is 4.39 Å². The Kier molecular flexibility index (Phi) is 9.70. The zero-order valence-corrected chi connectivity index (χ0v) is 22.4. The van der Waals surface area contributed by atoms with Gasteiger partial charge in [0, 0.05) is 12.0 Å². The number of carboxylic acid groups (broad SMARTS) is 1. The molecular weight excluding hydrogens is 493 g/mol. The maximum atomic E-state index is 13.6. The monoisotopic (exact) mass is 525 g/mol. The first kappa shape index (κ1) is 28.2. The van der Waals surface area contributed by atoms with Crippen molar-refractivity contribution < 1.29 is 23.8 Å². The van der Waals surface area contributed by atoms with Crippen molar-refractivity contribution in [2.45, 2.75) is 59.6 Å². The Balaban J connectivity index is 1.89. The van der Waals surface area contributed by atoms with Gasteiger partial charge in [0.25, 0.3) is 5.91 Å². The van der Waals surface area contributed by atoms with Crippen LogP contribution in [-0.2, 0) is 17.8 Å². The molecule has 1 unspecified atom stereocenters. The number of rotatable bonds is 11. The SMILES string of the molecule is Cc1cc(C)cc(C(CC(C)C)NC(=O)c2cc(COc3ccc(F)cc3Cl)ccc2CCC(=O)O)c1. The molecule has 0 bridgehead atoms. The predicted molar refractivity (Wildman–Crippen MR) is 144 cm³/mol. The van der Waals surface area contributed by atoms with E-state index in [1.54, 1.807) is 18.2 Å². The van der Waals surface area contributed by atoms with Gasteiger partial charge in [0.15, 0.2) is 0 Å². The molecule has 0 spiro atoms. The van der Waals surface area contributed by atoms with E-state index in [4.69, 9.17) is 16.3 Å². The molecule has 0 fully saturated rings. The van der Waals surface area contributed by atoms with E-state index in [0.29, 0.717) is 28.4 Å². The molecule has 0 heterocycles. The molecule has 3 aromatic carbocycles. The lowest BCUT2D eigenvalue weighted by atomic mass is 9.93. The molecule has 0 saturated carbocycles. The summed E-state index contributed by atoms with van der Waals surface area (Å²) in [6.45, 7) is 8.39. The van der Waals surface area contributed by atoms with E-state index in [2.05, 4.69) is 37.4 Å². The summed E-state index contributed by atoms with van der Waals surface area (Å²) in [5, 5.41) is 12.5. The summed E-state index contributed by atoms with van der Waals surface area (Å²) in [4.78, 5) is 24.8. The summed E-state index contributed by atoms with van der Waals surface area (Å²) < 4.78 is 19.1. The Bertz CT molecular complexity index is 1250. The number of nitrogens with one attached hydrogen (secondary N) is 1. The Morgan fingerprint density at radius 3 is 2.35 bits per heavy atom. The van der Waals surface area contributed by atoms with Crippen molar-refractivity contribution in [2.24, 2.45) is 5.92 Å². The van der Waals surface area contributed by atoms with E-state index in [-0.39, 0.29) is 36.4 Å². The molecule has 0 saturated heterocycles.